The van der Waals surface area contributed by atoms with E-state index in [0.29, 0.717) is 47.6 Å². The predicted molar refractivity (Wildman–Crippen MR) is 176 cm³/mol. The van der Waals surface area contributed by atoms with Crippen LogP contribution in [0.1, 0.15) is 72.9 Å². The van der Waals surface area contributed by atoms with Crippen LogP contribution in [0.3, 0.4) is 0 Å². The summed E-state index contributed by atoms with van der Waals surface area (Å²) in [5, 5.41) is 18.1. The second-order valence-corrected chi connectivity index (χ2v) is 19.7. The molecule has 1 aromatic carbocycles. The normalized spacial score (nSPS) is 19.8. The number of hydrogen-bond donors (Lipinski definition) is 1. The molecule has 0 saturated carbocycles. The molecular weight excluding hydrogens is 586 g/mol. The summed E-state index contributed by atoms with van der Waals surface area (Å²) >= 11 is 0. The number of carbonyl (C=O) groups excluding carboxylic acids is 1. The molecule has 2 aliphatic rings. The number of amides is 1. The van der Waals surface area contributed by atoms with E-state index in [1.54, 1.807) is 23.4 Å². The van der Waals surface area contributed by atoms with Crippen LogP contribution in [0, 0.1) is 11.3 Å². The Morgan fingerprint density at radius 3 is 2.64 bits per heavy atom. The van der Waals surface area contributed by atoms with Gasteiger partial charge in [0.2, 0.25) is 11.8 Å². The first-order valence-electron chi connectivity index (χ1n) is 15.5. The van der Waals surface area contributed by atoms with Crippen LogP contribution in [0.15, 0.2) is 30.6 Å². The molecule has 2 aromatic heterocycles. The Morgan fingerprint density at radius 2 is 1.98 bits per heavy atom. The first-order chi connectivity index (χ1) is 20.9. The van der Waals surface area contributed by atoms with Crippen LogP contribution in [0.5, 0.6) is 5.88 Å². The fourth-order valence-electron chi connectivity index (χ4n) is 5.28. The number of benzene rings is 1. The zero-order valence-corrected chi connectivity index (χ0v) is 29.1. The smallest absolute Gasteiger partial charge is 0.414 e. The zero-order chi connectivity index (χ0) is 32.9. The first-order valence-corrected chi connectivity index (χ1v) is 18.4. The van der Waals surface area contributed by atoms with Gasteiger partial charge in [-0.1, -0.05) is 27.7 Å². The van der Waals surface area contributed by atoms with Crippen molar-refractivity contribution in [1.82, 2.24) is 19.7 Å². The van der Waals surface area contributed by atoms with Gasteiger partial charge in [-0.2, -0.15) is 10.4 Å². The molecule has 1 unspecified atom stereocenters. The summed E-state index contributed by atoms with van der Waals surface area (Å²) in [6, 6.07) is 7.95. The van der Waals surface area contributed by atoms with Crippen LogP contribution in [-0.2, 0) is 21.1 Å². The van der Waals surface area contributed by atoms with Crippen molar-refractivity contribution in [3.05, 3.63) is 41.7 Å². The van der Waals surface area contributed by atoms with E-state index < -0.39 is 25.4 Å². The largest absolute Gasteiger partial charge is 0.473 e. The number of aryl methyl sites for hydroxylation is 1. The summed E-state index contributed by atoms with van der Waals surface area (Å²) in [6.45, 7) is 22.2. The van der Waals surface area contributed by atoms with Gasteiger partial charge in [-0.05, 0) is 69.6 Å². The van der Waals surface area contributed by atoms with E-state index in [1.165, 1.54) is 0 Å². The Hall–Kier alpha value is -3.95. The number of rotatable bonds is 6. The molecule has 240 valence electrons. The second-order valence-electron chi connectivity index (χ2n) is 14.9. The molecule has 0 bridgehead atoms. The van der Waals surface area contributed by atoms with Crippen LogP contribution in [0.25, 0.3) is 11.3 Å². The Labute approximate surface area is 267 Å². The van der Waals surface area contributed by atoms with Crippen molar-refractivity contribution in [2.45, 2.75) is 104 Å². The third-order valence-electron chi connectivity index (χ3n) is 8.88. The molecule has 3 aromatic rings. The van der Waals surface area contributed by atoms with E-state index >= 15 is 0 Å². The Morgan fingerprint density at radius 1 is 1.24 bits per heavy atom. The van der Waals surface area contributed by atoms with E-state index in [9.17, 15) is 10.1 Å². The lowest BCUT2D eigenvalue weighted by molar-refractivity contribution is 0.0575. The van der Waals surface area contributed by atoms with Gasteiger partial charge >= 0.3 is 6.09 Å². The summed E-state index contributed by atoms with van der Waals surface area (Å²) in [5.74, 6) is 1.04. The molecule has 12 heteroatoms. The fraction of sp³-hybridized carbons (Fsp3) is 0.545. The molecular formula is C33H45N7O4Si. The zero-order valence-electron chi connectivity index (χ0n) is 28.1. The standard InChI is InChI=1S/C33H45N7O4Si/c1-21-12-14-40-28(43-21)26(18-36-40)38-29-35-13-11-25(37-29)22-15-23(17-34)27-24(16-22)33(8,20-42-45(9,10)32(5,6)7)19-39(27)30(41)44-31(2,3)4/h11,13,15-16,18,21H,12,14,19-20H2,1-10H3,(H,35,37,38)/t21?,33-/m1/s1. The van der Waals surface area contributed by atoms with Crippen LogP contribution >= 0.6 is 0 Å². The number of nitrogens with zero attached hydrogens (tertiary/aromatic N) is 6. The van der Waals surface area contributed by atoms with Crippen molar-refractivity contribution < 1.29 is 18.7 Å². The lowest BCUT2D eigenvalue weighted by Gasteiger charge is -2.39. The van der Waals surface area contributed by atoms with E-state index in [1.807, 2.05) is 44.5 Å². The maximum atomic E-state index is 13.5. The van der Waals surface area contributed by atoms with Gasteiger partial charge in [0.05, 0.1) is 29.2 Å². The fourth-order valence-corrected chi connectivity index (χ4v) is 6.39. The summed E-state index contributed by atoms with van der Waals surface area (Å²) in [4.78, 5) is 24.4. The number of nitriles is 1. The Balaban J connectivity index is 1.54. The topological polar surface area (TPSA) is 127 Å². The van der Waals surface area contributed by atoms with Crippen molar-refractivity contribution in [1.29, 1.82) is 5.26 Å². The molecule has 0 spiro atoms. The number of aromatic nitrogens is 4. The van der Waals surface area contributed by atoms with Crippen molar-refractivity contribution in [2.24, 2.45) is 0 Å². The van der Waals surface area contributed by atoms with Gasteiger partial charge in [-0.25, -0.2) is 19.4 Å². The number of hydrogen-bond acceptors (Lipinski definition) is 9. The van der Waals surface area contributed by atoms with Crippen molar-refractivity contribution in [3.8, 4) is 23.2 Å². The van der Waals surface area contributed by atoms with E-state index in [-0.39, 0.29) is 11.1 Å². The van der Waals surface area contributed by atoms with Gasteiger partial charge in [0.15, 0.2) is 8.32 Å². The van der Waals surface area contributed by atoms with Crippen LogP contribution in [0.4, 0.5) is 22.1 Å². The van der Waals surface area contributed by atoms with Crippen molar-refractivity contribution in [2.75, 3.05) is 23.4 Å². The predicted octanol–water partition coefficient (Wildman–Crippen LogP) is 7.16. The molecule has 0 saturated heterocycles. The minimum atomic E-state index is -2.13. The number of anilines is 3. The highest BCUT2D eigenvalue weighted by atomic mass is 28.4. The third-order valence-corrected chi connectivity index (χ3v) is 13.4. The molecule has 2 aliphatic heterocycles. The van der Waals surface area contributed by atoms with Gasteiger partial charge in [0.25, 0.3) is 0 Å². The van der Waals surface area contributed by atoms with Gasteiger partial charge in [0.1, 0.15) is 17.4 Å². The molecule has 1 N–H and O–H groups in total. The van der Waals surface area contributed by atoms with Gasteiger partial charge in [-0.3, -0.25) is 4.90 Å². The molecule has 0 radical (unpaired) electrons. The average Bonchev–Trinajstić information content (AvgIpc) is 3.48. The van der Waals surface area contributed by atoms with E-state index in [2.05, 4.69) is 62.3 Å². The number of fused-ring (bicyclic) bond motifs is 2. The maximum Gasteiger partial charge on any atom is 0.414 e. The van der Waals surface area contributed by atoms with Gasteiger partial charge in [0, 0.05) is 43.3 Å². The minimum absolute atomic E-state index is 0.0116. The highest BCUT2D eigenvalue weighted by molar-refractivity contribution is 6.74. The molecule has 45 heavy (non-hydrogen) atoms. The Bertz CT molecular complexity index is 1650. The Kier molecular flexibility index (Phi) is 8.25. The lowest BCUT2D eigenvalue weighted by Crippen LogP contribution is -2.46. The molecule has 2 atom stereocenters. The summed E-state index contributed by atoms with van der Waals surface area (Å²) in [6.07, 6.45) is 3.89. The SMILES string of the molecule is CC1CCn2ncc(Nc3nccc(-c4cc(C#N)c5c(c4)[C@@](C)(CO[Si](C)(C)C(C)(C)C)CN5C(=O)OC(C)(C)C)n3)c2O1. The highest BCUT2D eigenvalue weighted by Crippen LogP contribution is 2.47. The second kappa shape index (κ2) is 11.4. The highest BCUT2D eigenvalue weighted by Gasteiger charge is 2.47. The lowest BCUT2D eigenvalue weighted by atomic mass is 9.83. The number of ether oxygens (including phenoxy) is 2. The third kappa shape index (κ3) is 6.55. The van der Waals surface area contributed by atoms with Crippen LogP contribution < -0.4 is 15.0 Å². The summed E-state index contributed by atoms with van der Waals surface area (Å²) in [7, 11) is -2.13. The number of carbonyl (C=O) groups is 1. The molecule has 1 amide bonds. The molecule has 11 nitrogen and oxygen atoms in total. The van der Waals surface area contributed by atoms with Crippen molar-refractivity contribution in [3.63, 3.8) is 0 Å². The van der Waals surface area contributed by atoms with Gasteiger partial charge < -0.3 is 19.2 Å². The summed E-state index contributed by atoms with van der Waals surface area (Å²) < 4.78 is 20.4. The number of nitrogens with one attached hydrogen (secondary N) is 1. The quantitative estimate of drug-likeness (QED) is 0.282. The van der Waals surface area contributed by atoms with Crippen LogP contribution in [-0.4, -0.2) is 59.0 Å². The van der Waals surface area contributed by atoms with Crippen LogP contribution in [0.2, 0.25) is 18.1 Å². The summed E-state index contributed by atoms with van der Waals surface area (Å²) in [5.41, 5.74) is 2.54. The van der Waals surface area contributed by atoms with E-state index in [4.69, 9.17) is 18.9 Å². The minimum Gasteiger partial charge on any atom is -0.473 e. The molecule has 0 aliphatic carbocycles. The molecule has 4 heterocycles. The maximum absolute atomic E-state index is 13.5. The van der Waals surface area contributed by atoms with Gasteiger partial charge in [-0.15, -0.1) is 0 Å². The average molecular weight is 632 g/mol. The molecule has 0 fully saturated rings. The van der Waals surface area contributed by atoms with Crippen molar-refractivity contribution >= 4 is 31.7 Å². The van der Waals surface area contributed by atoms with E-state index in [0.717, 1.165) is 24.1 Å². The monoisotopic (exact) mass is 631 g/mol. The first kappa shape index (κ1) is 32.4. The molecule has 5 rings (SSSR count).